The summed E-state index contributed by atoms with van der Waals surface area (Å²) < 4.78 is 4.56. The summed E-state index contributed by atoms with van der Waals surface area (Å²) in [5.74, 6) is 0.802. The number of aryl methyl sites for hydroxylation is 1. The predicted octanol–water partition coefficient (Wildman–Crippen LogP) is 0.615. The third-order valence-electron chi connectivity index (χ3n) is 4.18. The van der Waals surface area contributed by atoms with E-state index in [1.807, 2.05) is 18.4 Å². The Hall–Kier alpha value is -2.05. The zero-order valence-electron chi connectivity index (χ0n) is 13.0. The van der Waals surface area contributed by atoms with Crippen molar-refractivity contribution < 1.29 is 0 Å². The Balaban J connectivity index is 2.43. The van der Waals surface area contributed by atoms with Gasteiger partial charge in [0.05, 0.1) is 0 Å². The molecular formula is C14H21N5O2. The number of hydrogen-bond acceptors (Lipinski definition) is 4. The van der Waals surface area contributed by atoms with E-state index in [9.17, 15) is 9.59 Å². The van der Waals surface area contributed by atoms with Gasteiger partial charge < -0.3 is 9.47 Å². The smallest absolute Gasteiger partial charge is 0.332 e. The van der Waals surface area contributed by atoms with Crippen molar-refractivity contribution in [2.24, 2.45) is 14.1 Å². The summed E-state index contributed by atoms with van der Waals surface area (Å²) in [7, 11) is 3.17. The van der Waals surface area contributed by atoms with Crippen LogP contribution in [0.2, 0.25) is 0 Å². The molecule has 0 amide bonds. The van der Waals surface area contributed by atoms with Gasteiger partial charge in [-0.2, -0.15) is 4.98 Å². The lowest BCUT2D eigenvalue weighted by molar-refractivity contribution is 0.603. The molecule has 21 heavy (non-hydrogen) atoms. The average Bonchev–Trinajstić information content (AvgIpc) is 3.08. The van der Waals surface area contributed by atoms with E-state index in [2.05, 4.69) is 9.88 Å². The van der Waals surface area contributed by atoms with Gasteiger partial charge in [0.25, 0.3) is 5.56 Å². The fourth-order valence-corrected chi connectivity index (χ4v) is 3.03. The quantitative estimate of drug-likeness (QED) is 0.813. The van der Waals surface area contributed by atoms with Gasteiger partial charge >= 0.3 is 5.69 Å². The molecule has 1 fully saturated rings. The third-order valence-corrected chi connectivity index (χ3v) is 4.18. The highest BCUT2D eigenvalue weighted by atomic mass is 16.2. The minimum absolute atomic E-state index is 0.107. The fourth-order valence-electron chi connectivity index (χ4n) is 3.03. The molecule has 114 valence electrons. The molecule has 0 aromatic carbocycles. The Kier molecular flexibility index (Phi) is 3.15. The largest absolute Gasteiger partial charge is 0.342 e. The lowest BCUT2D eigenvalue weighted by Crippen LogP contribution is -2.37. The molecule has 3 heterocycles. The molecule has 0 atom stereocenters. The number of rotatable bonds is 2. The summed E-state index contributed by atoms with van der Waals surface area (Å²) in [5.41, 5.74) is 0.365. The zero-order chi connectivity index (χ0) is 15.3. The number of hydrogen-bond donors (Lipinski definition) is 0. The molecule has 3 rings (SSSR count). The van der Waals surface area contributed by atoms with Crippen LogP contribution in [0.25, 0.3) is 11.2 Å². The van der Waals surface area contributed by atoms with Gasteiger partial charge in [0.15, 0.2) is 11.2 Å². The molecule has 7 nitrogen and oxygen atoms in total. The number of imidazole rings is 1. The van der Waals surface area contributed by atoms with Gasteiger partial charge in [-0.3, -0.25) is 13.9 Å². The van der Waals surface area contributed by atoms with Gasteiger partial charge in [0.1, 0.15) is 0 Å². The SMILES string of the molecule is CC(C)n1c(N2CCCC2)nc2c1c(=O)n(C)c(=O)n2C. The highest BCUT2D eigenvalue weighted by Crippen LogP contribution is 2.26. The normalized spacial score (nSPS) is 15.6. The maximum absolute atomic E-state index is 12.5. The minimum Gasteiger partial charge on any atom is -0.342 e. The second kappa shape index (κ2) is 4.75. The zero-order valence-corrected chi connectivity index (χ0v) is 13.0. The molecule has 0 saturated carbocycles. The van der Waals surface area contributed by atoms with E-state index in [0.717, 1.165) is 36.4 Å². The molecule has 0 unspecified atom stereocenters. The Morgan fingerprint density at radius 2 is 1.67 bits per heavy atom. The first-order valence-corrected chi connectivity index (χ1v) is 7.36. The molecule has 0 bridgehead atoms. The van der Waals surface area contributed by atoms with Crippen LogP contribution >= 0.6 is 0 Å². The third kappa shape index (κ3) is 1.91. The van der Waals surface area contributed by atoms with Crippen molar-refractivity contribution in [3.63, 3.8) is 0 Å². The molecule has 2 aromatic heterocycles. The van der Waals surface area contributed by atoms with Crippen LogP contribution in [0.4, 0.5) is 5.95 Å². The van der Waals surface area contributed by atoms with Crippen LogP contribution in [0.5, 0.6) is 0 Å². The molecule has 1 saturated heterocycles. The maximum Gasteiger partial charge on any atom is 0.332 e. The Bertz CT molecular complexity index is 805. The maximum atomic E-state index is 12.5. The number of nitrogens with zero attached hydrogens (tertiary/aromatic N) is 5. The molecule has 1 aliphatic heterocycles. The van der Waals surface area contributed by atoms with Crippen molar-refractivity contribution in [2.45, 2.75) is 32.7 Å². The Labute approximate surface area is 122 Å². The minimum atomic E-state index is -0.339. The van der Waals surface area contributed by atoms with Crippen molar-refractivity contribution in [1.29, 1.82) is 0 Å². The van der Waals surface area contributed by atoms with Gasteiger partial charge in [0, 0.05) is 33.2 Å². The van der Waals surface area contributed by atoms with Crippen LogP contribution < -0.4 is 16.1 Å². The monoisotopic (exact) mass is 291 g/mol. The second-order valence-corrected chi connectivity index (χ2v) is 5.95. The first-order valence-electron chi connectivity index (χ1n) is 7.36. The number of fused-ring (bicyclic) bond motifs is 1. The highest BCUT2D eigenvalue weighted by molar-refractivity contribution is 5.75. The summed E-state index contributed by atoms with van der Waals surface area (Å²) in [5, 5.41) is 0. The first kappa shape index (κ1) is 13.9. The van der Waals surface area contributed by atoms with Gasteiger partial charge in [-0.15, -0.1) is 0 Å². The van der Waals surface area contributed by atoms with Crippen molar-refractivity contribution in [3.8, 4) is 0 Å². The molecule has 7 heteroatoms. The summed E-state index contributed by atoms with van der Waals surface area (Å²) in [6.07, 6.45) is 2.27. The van der Waals surface area contributed by atoms with E-state index in [4.69, 9.17) is 0 Å². The van der Waals surface area contributed by atoms with Crippen LogP contribution in [0.1, 0.15) is 32.7 Å². The molecule has 0 aliphatic carbocycles. The van der Waals surface area contributed by atoms with Crippen molar-refractivity contribution >= 4 is 17.1 Å². The average molecular weight is 291 g/mol. The predicted molar refractivity (Wildman–Crippen MR) is 82.0 cm³/mol. The van der Waals surface area contributed by atoms with Crippen molar-refractivity contribution in [1.82, 2.24) is 18.7 Å². The summed E-state index contributed by atoms with van der Waals surface area (Å²) in [6, 6.07) is 0.107. The van der Waals surface area contributed by atoms with Gasteiger partial charge in [-0.05, 0) is 26.7 Å². The summed E-state index contributed by atoms with van der Waals surface area (Å²) in [4.78, 5) is 31.4. The molecule has 1 aliphatic rings. The van der Waals surface area contributed by atoms with Crippen LogP contribution in [0.15, 0.2) is 9.59 Å². The van der Waals surface area contributed by atoms with Gasteiger partial charge in [-0.1, -0.05) is 0 Å². The standard InChI is InChI=1S/C14H21N5O2/c1-9(2)19-10-11(15-13(19)18-7-5-6-8-18)16(3)14(21)17(4)12(10)20/h9H,5-8H2,1-4H3. The van der Waals surface area contributed by atoms with Crippen LogP contribution in [-0.4, -0.2) is 31.8 Å². The van der Waals surface area contributed by atoms with E-state index in [0.29, 0.717) is 11.2 Å². The van der Waals surface area contributed by atoms with E-state index < -0.39 is 0 Å². The van der Waals surface area contributed by atoms with Crippen LogP contribution in [-0.2, 0) is 14.1 Å². The molecular weight excluding hydrogens is 270 g/mol. The van der Waals surface area contributed by atoms with Crippen LogP contribution in [0.3, 0.4) is 0 Å². The topological polar surface area (TPSA) is 65.1 Å². The molecule has 0 spiro atoms. The van der Waals surface area contributed by atoms with E-state index in [1.54, 1.807) is 7.05 Å². The number of anilines is 1. The van der Waals surface area contributed by atoms with E-state index in [1.165, 1.54) is 11.6 Å². The summed E-state index contributed by atoms with van der Waals surface area (Å²) >= 11 is 0. The van der Waals surface area contributed by atoms with Crippen LogP contribution in [0, 0.1) is 0 Å². The molecule has 2 aromatic rings. The molecule has 0 N–H and O–H groups in total. The first-order chi connectivity index (χ1) is 9.93. The van der Waals surface area contributed by atoms with Gasteiger partial charge in [0.2, 0.25) is 5.95 Å². The lowest BCUT2D eigenvalue weighted by atomic mass is 10.3. The Morgan fingerprint density at radius 1 is 1.05 bits per heavy atom. The van der Waals surface area contributed by atoms with Gasteiger partial charge in [-0.25, -0.2) is 4.79 Å². The lowest BCUT2D eigenvalue weighted by Gasteiger charge is -2.20. The van der Waals surface area contributed by atoms with E-state index >= 15 is 0 Å². The summed E-state index contributed by atoms with van der Waals surface area (Å²) in [6.45, 7) is 5.96. The fraction of sp³-hybridized carbons (Fsp3) is 0.643. The highest BCUT2D eigenvalue weighted by Gasteiger charge is 2.25. The van der Waals surface area contributed by atoms with E-state index in [-0.39, 0.29) is 17.3 Å². The Morgan fingerprint density at radius 3 is 2.24 bits per heavy atom. The second-order valence-electron chi connectivity index (χ2n) is 5.95. The number of aromatic nitrogens is 4. The molecule has 0 radical (unpaired) electrons. The van der Waals surface area contributed by atoms with Crippen molar-refractivity contribution in [3.05, 3.63) is 20.8 Å². The van der Waals surface area contributed by atoms with Crippen molar-refractivity contribution in [2.75, 3.05) is 18.0 Å².